The number of hydrogen-bond donors (Lipinski definition) is 2. The molecule has 0 radical (unpaired) electrons. The topological polar surface area (TPSA) is 27.8 Å². The van der Waals surface area contributed by atoms with Crippen LogP contribution in [0.3, 0.4) is 0 Å². The van der Waals surface area contributed by atoms with Crippen molar-refractivity contribution >= 4 is 10.9 Å². The Labute approximate surface area is 102 Å². The van der Waals surface area contributed by atoms with Gasteiger partial charge in [0.15, 0.2) is 0 Å². The van der Waals surface area contributed by atoms with Crippen molar-refractivity contribution < 1.29 is 0 Å². The largest absolute Gasteiger partial charge is 0.357 e. The number of aromatic nitrogens is 1. The molecule has 0 saturated heterocycles. The summed E-state index contributed by atoms with van der Waals surface area (Å²) in [6, 6.07) is 9.07. The summed E-state index contributed by atoms with van der Waals surface area (Å²) in [5.41, 5.74) is 4.16. The van der Waals surface area contributed by atoms with Crippen molar-refractivity contribution in [2.45, 2.75) is 25.3 Å². The van der Waals surface area contributed by atoms with Gasteiger partial charge in [0.1, 0.15) is 0 Å². The summed E-state index contributed by atoms with van der Waals surface area (Å²) >= 11 is 0. The van der Waals surface area contributed by atoms with Crippen LogP contribution in [-0.2, 0) is 6.42 Å². The van der Waals surface area contributed by atoms with Gasteiger partial charge in [-0.25, -0.2) is 0 Å². The Morgan fingerprint density at radius 2 is 2.29 bits per heavy atom. The van der Waals surface area contributed by atoms with Gasteiger partial charge in [0, 0.05) is 29.2 Å². The van der Waals surface area contributed by atoms with Gasteiger partial charge >= 0.3 is 0 Å². The SMILES string of the molecule is C=CCNC1CCCc2c1[nH]c1ccccc21. The van der Waals surface area contributed by atoms with E-state index in [1.807, 2.05) is 6.08 Å². The molecule has 1 aliphatic carbocycles. The highest BCUT2D eigenvalue weighted by Gasteiger charge is 2.23. The lowest BCUT2D eigenvalue weighted by atomic mass is 9.92. The number of rotatable bonds is 3. The number of fused-ring (bicyclic) bond motifs is 3. The summed E-state index contributed by atoms with van der Waals surface area (Å²) < 4.78 is 0. The molecule has 1 heterocycles. The maximum Gasteiger partial charge on any atom is 0.0478 e. The van der Waals surface area contributed by atoms with Crippen LogP contribution in [0.15, 0.2) is 36.9 Å². The first-order valence-electron chi connectivity index (χ1n) is 6.34. The van der Waals surface area contributed by atoms with E-state index in [1.165, 1.54) is 41.4 Å². The average molecular weight is 226 g/mol. The minimum absolute atomic E-state index is 0.462. The Balaban J connectivity index is 2.04. The highest BCUT2D eigenvalue weighted by atomic mass is 14.9. The number of H-pyrrole nitrogens is 1. The third-order valence-electron chi connectivity index (χ3n) is 3.62. The molecule has 17 heavy (non-hydrogen) atoms. The Morgan fingerprint density at radius 3 is 3.18 bits per heavy atom. The second-order valence-corrected chi connectivity index (χ2v) is 4.70. The van der Waals surface area contributed by atoms with E-state index in [0.29, 0.717) is 6.04 Å². The molecule has 0 amide bonds. The van der Waals surface area contributed by atoms with Gasteiger partial charge in [-0.1, -0.05) is 24.3 Å². The zero-order valence-electron chi connectivity index (χ0n) is 10.00. The van der Waals surface area contributed by atoms with Crippen molar-refractivity contribution in [3.05, 3.63) is 48.2 Å². The molecular formula is C15H18N2. The van der Waals surface area contributed by atoms with Crippen molar-refractivity contribution in [1.29, 1.82) is 0 Å². The molecule has 2 aromatic rings. The molecule has 0 aliphatic heterocycles. The van der Waals surface area contributed by atoms with Gasteiger partial charge in [0.25, 0.3) is 0 Å². The van der Waals surface area contributed by atoms with Crippen LogP contribution >= 0.6 is 0 Å². The first kappa shape index (κ1) is 10.6. The van der Waals surface area contributed by atoms with Crippen molar-refractivity contribution in [2.24, 2.45) is 0 Å². The van der Waals surface area contributed by atoms with Gasteiger partial charge in [0.05, 0.1) is 0 Å². The Hall–Kier alpha value is -1.54. The Kier molecular flexibility index (Phi) is 2.73. The maximum atomic E-state index is 3.77. The lowest BCUT2D eigenvalue weighted by Gasteiger charge is -2.23. The quantitative estimate of drug-likeness (QED) is 0.772. The summed E-state index contributed by atoms with van der Waals surface area (Å²) in [4.78, 5) is 3.58. The first-order valence-corrected chi connectivity index (χ1v) is 6.34. The van der Waals surface area contributed by atoms with E-state index in [0.717, 1.165) is 6.54 Å². The van der Waals surface area contributed by atoms with Crippen molar-refractivity contribution in [1.82, 2.24) is 10.3 Å². The molecule has 1 aliphatic rings. The highest BCUT2D eigenvalue weighted by Crippen LogP contribution is 2.34. The average Bonchev–Trinajstić information content (AvgIpc) is 2.75. The van der Waals surface area contributed by atoms with E-state index < -0.39 is 0 Å². The van der Waals surface area contributed by atoms with Gasteiger partial charge in [-0.3, -0.25) is 0 Å². The van der Waals surface area contributed by atoms with Crippen LogP contribution in [0, 0.1) is 0 Å². The zero-order valence-corrected chi connectivity index (χ0v) is 10.00. The number of aryl methyl sites for hydroxylation is 1. The van der Waals surface area contributed by atoms with E-state index in [-0.39, 0.29) is 0 Å². The molecule has 1 aromatic carbocycles. The summed E-state index contributed by atoms with van der Waals surface area (Å²) in [5.74, 6) is 0. The van der Waals surface area contributed by atoms with Crippen LogP contribution in [0.25, 0.3) is 10.9 Å². The molecule has 88 valence electrons. The molecule has 0 saturated carbocycles. The minimum atomic E-state index is 0.462. The summed E-state index contributed by atoms with van der Waals surface area (Å²) in [7, 11) is 0. The first-order chi connectivity index (χ1) is 8.40. The van der Waals surface area contributed by atoms with Crippen LogP contribution in [-0.4, -0.2) is 11.5 Å². The number of aromatic amines is 1. The molecule has 3 rings (SSSR count). The molecule has 1 unspecified atom stereocenters. The third-order valence-corrected chi connectivity index (χ3v) is 3.62. The van der Waals surface area contributed by atoms with Gasteiger partial charge in [-0.05, 0) is 30.9 Å². The second kappa shape index (κ2) is 4.38. The van der Waals surface area contributed by atoms with E-state index in [9.17, 15) is 0 Å². The molecule has 0 spiro atoms. The van der Waals surface area contributed by atoms with Gasteiger partial charge in [0.2, 0.25) is 0 Å². The summed E-state index contributed by atoms with van der Waals surface area (Å²) in [5, 5.41) is 4.94. The number of para-hydroxylation sites is 1. The fourth-order valence-electron chi connectivity index (χ4n) is 2.84. The monoisotopic (exact) mass is 226 g/mol. The van der Waals surface area contributed by atoms with Crippen LogP contribution in [0.2, 0.25) is 0 Å². The predicted octanol–water partition coefficient (Wildman–Crippen LogP) is 3.32. The Bertz CT molecular complexity index is 539. The fraction of sp³-hybridized carbons (Fsp3) is 0.333. The molecule has 0 bridgehead atoms. The van der Waals surface area contributed by atoms with E-state index in [4.69, 9.17) is 0 Å². The summed E-state index contributed by atoms with van der Waals surface area (Å²) in [6.07, 6.45) is 5.61. The van der Waals surface area contributed by atoms with Crippen LogP contribution in [0.4, 0.5) is 0 Å². The molecule has 2 heteroatoms. The minimum Gasteiger partial charge on any atom is -0.357 e. The summed E-state index contributed by atoms with van der Waals surface area (Å²) in [6.45, 7) is 4.65. The molecule has 2 nitrogen and oxygen atoms in total. The molecule has 1 atom stereocenters. The lowest BCUT2D eigenvalue weighted by molar-refractivity contribution is 0.473. The normalized spacial score (nSPS) is 19.2. The van der Waals surface area contributed by atoms with E-state index in [1.54, 1.807) is 0 Å². The second-order valence-electron chi connectivity index (χ2n) is 4.70. The molecule has 0 fully saturated rings. The standard InChI is InChI=1S/C15H18N2/c1-2-10-16-14-9-5-7-12-11-6-3-4-8-13(11)17-15(12)14/h2-4,6,8,14,16-17H,1,5,7,9-10H2. The number of hydrogen-bond acceptors (Lipinski definition) is 1. The zero-order chi connectivity index (χ0) is 11.7. The fourth-order valence-corrected chi connectivity index (χ4v) is 2.84. The molecule has 2 N–H and O–H groups in total. The van der Waals surface area contributed by atoms with Crippen molar-refractivity contribution in [3.63, 3.8) is 0 Å². The molecule has 1 aromatic heterocycles. The molecular weight excluding hydrogens is 208 g/mol. The Morgan fingerprint density at radius 1 is 1.41 bits per heavy atom. The van der Waals surface area contributed by atoms with Gasteiger partial charge < -0.3 is 10.3 Å². The lowest BCUT2D eigenvalue weighted by Crippen LogP contribution is -2.25. The van der Waals surface area contributed by atoms with Crippen molar-refractivity contribution in [3.8, 4) is 0 Å². The highest BCUT2D eigenvalue weighted by molar-refractivity contribution is 5.85. The van der Waals surface area contributed by atoms with E-state index >= 15 is 0 Å². The third kappa shape index (κ3) is 1.79. The van der Waals surface area contributed by atoms with Crippen LogP contribution in [0.5, 0.6) is 0 Å². The maximum absolute atomic E-state index is 3.77. The van der Waals surface area contributed by atoms with E-state index in [2.05, 4.69) is 41.1 Å². The van der Waals surface area contributed by atoms with Crippen LogP contribution < -0.4 is 5.32 Å². The van der Waals surface area contributed by atoms with Crippen LogP contribution in [0.1, 0.15) is 30.1 Å². The van der Waals surface area contributed by atoms with Crippen molar-refractivity contribution in [2.75, 3.05) is 6.54 Å². The van der Waals surface area contributed by atoms with Gasteiger partial charge in [-0.2, -0.15) is 0 Å². The van der Waals surface area contributed by atoms with Gasteiger partial charge in [-0.15, -0.1) is 6.58 Å². The number of nitrogens with one attached hydrogen (secondary N) is 2. The number of benzene rings is 1. The predicted molar refractivity (Wildman–Crippen MR) is 72.2 cm³/mol. The smallest absolute Gasteiger partial charge is 0.0478 e.